The summed E-state index contributed by atoms with van der Waals surface area (Å²) < 4.78 is 0. The van der Waals surface area contributed by atoms with E-state index in [1.54, 1.807) is 0 Å². The van der Waals surface area contributed by atoms with Gasteiger partial charge in [-0.2, -0.15) is 15.0 Å². The van der Waals surface area contributed by atoms with Gasteiger partial charge in [0.1, 0.15) is 5.82 Å². The van der Waals surface area contributed by atoms with Crippen LogP contribution in [0.5, 0.6) is 0 Å². The van der Waals surface area contributed by atoms with Gasteiger partial charge in [0.05, 0.1) is 0 Å². The van der Waals surface area contributed by atoms with Gasteiger partial charge >= 0.3 is 0 Å². The summed E-state index contributed by atoms with van der Waals surface area (Å²) in [5.41, 5.74) is 4.40. The number of aryl methyl sites for hydroxylation is 3. The summed E-state index contributed by atoms with van der Waals surface area (Å²) >= 11 is 0. The molecule has 0 fully saturated rings. The van der Waals surface area contributed by atoms with Crippen molar-refractivity contribution in [1.82, 2.24) is 15.0 Å². The van der Waals surface area contributed by atoms with Gasteiger partial charge in [0.25, 0.3) is 0 Å². The van der Waals surface area contributed by atoms with Crippen LogP contribution in [-0.4, -0.2) is 15.0 Å². The average Bonchev–Trinajstić information content (AvgIpc) is 2.77. The number of hydrogen-bond donors (Lipinski definition) is 2. The highest BCUT2D eigenvalue weighted by molar-refractivity contribution is 5.60. The molecule has 4 rings (SSSR count). The predicted molar refractivity (Wildman–Crippen MR) is 122 cm³/mol. The first kappa shape index (κ1) is 19.6. The normalized spacial score (nSPS) is 10.6. The van der Waals surface area contributed by atoms with Crippen LogP contribution < -0.4 is 10.6 Å². The molecule has 5 nitrogen and oxygen atoms in total. The third-order valence-corrected chi connectivity index (χ3v) is 4.81. The van der Waals surface area contributed by atoms with Crippen LogP contribution in [0.2, 0.25) is 0 Å². The van der Waals surface area contributed by atoms with Gasteiger partial charge in [-0.25, -0.2) is 0 Å². The molecular weight excluding hydrogens is 370 g/mol. The average molecular weight is 396 g/mol. The van der Waals surface area contributed by atoms with Crippen LogP contribution in [0.1, 0.15) is 23.4 Å². The summed E-state index contributed by atoms with van der Waals surface area (Å²) in [5, 5.41) is 6.64. The Hall–Kier alpha value is -3.73. The molecule has 0 radical (unpaired) electrons. The predicted octanol–water partition coefficient (Wildman–Crippen LogP) is 5.84. The molecule has 0 aliphatic carbocycles. The first-order chi connectivity index (χ1) is 14.8. The molecule has 5 heteroatoms. The zero-order valence-corrected chi connectivity index (χ0v) is 17.0. The number of nitrogens with one attached hydrogen (secondary N) is 2. The Morgan fingerprint density at radius 3 is 2.00 bits per heavy atom. The fraction of sp³-hybridized carbons (Fsp3) is 0.160. The lowest BCUT2D eigenvalue weighted by atomic mass is 10.1. The van der Waals surface area contributed by atoms with Gasteiger partial charge in [0.15, 0.2) is 0 Å². The van der Waals surface area contributed by atoms with E-state index in [1.165, 1.54) is 5.56 Å². The highest BCUT2D eigenvalue weighted by atomic mass is 15.2. The van der Waals surface area contributed by atoms with E-state index >= 15 is 0 Å². The molecule has 1 heterocycles. The van der Waals surface area contributed by atoms with Crippen molar-refractivity contribution in [3.63, 3.8) is 0 Å². The van der Waals surface area contributed by atoms with Crippen LogP contribution >= 0.6 is 0 Å². The zero-order chi connectivity index (χ0) is 20.6. The van der Waals surface area contributed by atoms with Crippen LogP contribution in [0.4, 0.5) is 23.3 Å². The molecule has 0 amide bonds. The first-order valence-electron chi connectivity index (χ1n) is 10.2. The molecule has 30 heavy (non-hydrogen) atoms. The lowest BCUT2D eigenvalue weighted by molar-refractivity contribution is 0.766. The Morgan fingerprint density at radius 2 is 1.27 bits per heavy atom. The van der Waals surface area contributed by atoms with Gasteiger partial charge in [-0.15, -0.1) is 0 Å². The number of aromatic nitrogens is 3. The standard InChI is InChI=1S/C25H25N5/c1-19-11-8-9-17-22(19)27-25-29-23(18-10-14-20-12-4-2-5-13-20)28-24(30-25)26-21-15-6-3-7-16-21/h2-9,11-13,15-17H,10,14,18H2,1H3,(H2,26,27,28,29,30). The Balaban J connectivity index is 1.54. The van der Waals surface area contributed by atoms with Gasteiger partial charge in [-0.1, -0.05) is 66.7 Å². The van der Waals surface area contributed by atoms with E-state index in [-0.39, 0.29) is 0 Å². The maximum atomic E-state index is 4.67. The minimum absolute atomic E-state index is 0.544. The monoisotopic (exact) mass is 395 g/mol. The van der Waals surface area contributed by atoms with Gasteiger partial charge in [-0.05, 0) is 49.1 Å². The summed E-state index contributed by atoms with van der Waals surface area (Å²) in [6.07, 6.45) is 2.75. The Bertz CT molecular complexity index is 1080. The quantitative estimate of drug-likeness (QED) is 0.392. The van der Waals surface area contributed by atoms with Crippen molar-refractivity contribution in [2.75, 3.05) is 10.6 Å². The maximum absolute atomic E-state index is 4.67. The van der Waals surface area contributed by atoms with Crippen LogP contribution in [0.3, 0.4) is 0 Å². The molecule has 0 aliphatic rings. The van der Waals surface area contributed by atoms with Crippen molar-refractivity contribution in [2.45, 2.75) is 26.2 Å². The minimum atomic E-state index is 0.544. The van der Waals surface area contributed by atoms with Crippen molar-refractivity contribution in [3.05, 3.63) is 102 Å². The number of benzene rings is 3. The SMILES string of the molecule is Cc1ccccc1Nc1nc(CCCc2ccccc2)nc(Nc2ccccc2)n1. The number of nitrogens with zero attached hydrogens (tertiary/aromatic N) is 3. The van der Waals surface area contributed by atoms with E-state index in [1.807, 2.05) is 54.6 Å². The molecule has 1 aromatic heterocycles. The molecule has 0 bridgehead atoms. The van der Waals surface area contributed by atoms with Crippen molar-refractivity contribution < 1.29 is 0 Å². The van der Waals surface area contributed by atoms with E-state index in [0.29, 0.717) is 11.9 Å². The molecule has 2 N–H and O–H groups in total. The lowest BCUT2D eigenvalue weighted by Gasteiger charge is -2.12. The topological polar surface area (TPSA) is 62.7 Å². The number of hydrogen-bond acceptors (Lipinski definition) is 5. The maximum Gasteiger partial charge on any atom is 0.232 e. The fourth-order valence-electron chi connectivity index (χ4n) is 3.22. The molecule has 0 atom stereocenters. The van der Waals surface area contributed by atoms with E-state index < -0.39 is 0 Å². The fourth-order valence-corrected chi connectivity index (χ4v) is 3.22. The van der Waals surface area contributed by atoms with Gasteiger partial charge in [0, 0.05) is 17.8 Å². The molecule has 150 valence electrons. The highest BCUT2D eigenvalue weighted by Gasteiger charge is 2.09. The molecule has 3 aromatic carbocycles. The van der Waals surface area contributed by atoms with Crippen molar-refractivity contribution in [3.8, 4) is 0 Å². The van der Waals surface area contributed by atoms with E-state index in [0.717, 1.165) is 42.0 Å². The number of anilines is 4. The minimum Gasteiger partial charge on any atom is -0.324 e. The zero-order valence-electron chi connectivity index (χ0n) is 17.0. The van der Waals surface area contributed by atoms with Gasteiger partial charge in [-0.3, -0.25) is 0 Å². The first-order valence-corrected chi connectivity index (χ1v) is 10.2. The molecule has 0 saturated carbocycles. The Morgan fingerprint density at radius 1 is 0.633 bits per heavy atom. The summed E-state index contributed by atoms with van der Waals surface area (Å²) in [7, 11) is 0. The molecule has 0 saturated heterocycles. The van der Waals surface area contributed by atoms with Crippen LogP contribution in [-0.2, 0) is 12.8 Å². The van der Waals surface area contributed by atoms with E-state index in [4.69, 9.17) is 0 Å². The molecule has 0 spiro atoms. The van der Waals surface area contributed by atoms with Crippen molar-refractivity contribution in [1.29, 1.82) is 0 Å². The third kappa shape index (κ3) is 5.41. The van der Waals surface area contributed by atoms with Crippen LogP contribution in [0.15, 0.2) is 84.9 Å². The molecule has 0 aliphatic heterocycles. The van der Waals surface area contributed by atoms with Gasteiger partial charge in [0.2, 0.25) is 11.9 Å². The number of rotatable bonds is 8. The van der Waals surface area contributed by atoms with Crippen LogP contribution in [0, 0.1) is 6.92 Å². The Kier molecular flexibility index (Phi) is 6.30. The van der Waals surface area contributed by atoms with E-state index in [9.17, 15) is 0 Å². The molecule has 0 unspecified atom stereocenters. The second-order valence-electron chi connectivity index (χ2n) is 7.17. The summed E-state index contributed by atoms with van der Waals surface area (Å²) in [6, 6.07) is 28.5. The molecule has 4 aromatic rings. The summed E-state index contributed by atoms with van der Waals surface area (Å²) in [5.74, 6) is 1.87. The van der Waals surface area contributed by atoms with Crippen molar-refractivity contribution in [2.24, 2.45) is 0 Å². The third-order valence-electron chi connectivity index (χ3n) is 4.81. The summed E-state index contributed by atoms with van der Waals surface area (Å²) in [6.45, 7) is 2.06. The smallest absolute Gasteiger partial charge is 0.232 e. The largest absolute Gasteiger partial charge is 0.324 e. The second kappa shape index (κ2) is 9.65. The van der Waals surface area contributed by atoms with E-state index in [2.05, 4.69) is 62.8 Å². The Labute approximate surface area is 177 Å². The summed E-state index contributed by atoms with van der Waals surface area (Å²) in [4.78, 5) is 13.9. The number of para-hydroxylation sites is 2. The highest BCUT2D eigenvalue weighted by Crippen LogP contribution is 2.20. The van der Waals surface area contributed by atoms with Gasteiger partial charge < -0.3 is 10.6 Å². The molecular formula is C25H25N5. The second-order valence-corrected chi connectivity index (χ2v) is 7.17. The lowest BCUT2D eigenvalue weighted by Crippen LogP contribution is -2.08. The van der Waals surface area contributed by atoms with Crippen LogP contribution in [0.25, 0.3) is 0 Å². The van der Waals surface area contributed by atoms with Crippen molar-refractivity contribution >= 4 is 23.3 Å².